The summed E-state index contributed by atoms with van der Waals surface area (Å²) in [4.78, 5) is 41.7. The molecule has 1 amide bonds. The SMILES string of the molecule is O=C(NC1CC1)c1ccc(N2CCN(Cc3cnc4cc(C5CC5)c(=O)[nH]c4c3)C3C[C@H]32)cn1. The number of fused-ring (bicyclic) bond motifs is 2. The van der Waals surface area contributed by atoms with Gasteiger partial charge in [-0.25, -0.2) is 4.98 Å². The summed E-state index contributed by atoms with van der Waals surface area (Å²) in [6.45, 7) is 2.72. The number of piperazine rings is 1. The first-order chi connectivity index (χ1) is 16.6. The summed E-state index contributed by atoms with van der Waals surface area (Å²) < 4.78 is 0. The Bertz CT molecular complexity index is 1330. The van der Waals surface area contributed by atoms with Crippen molar-refractivity contribution in [1.82, 2.24) is 25.2 Å². The molecule has 1 saturated heterocycles. The maximum atomic E-state index is 12.4. The number of nitrogens with one attached hydrogen (secondary N) is 2. The summed E-state index contributed by atoms with van der Waals surface area (Å²) in [6.07, 6.45) is 9.29. The third-order valence-corrected chi connectivity index (χ3v) is 7.63. The summed E-state index contributed by atoms with van der Waals surface area (Å²) >= 11 is 0. The first kappa shape index (κ1) is 20.1. The summed E-state index contributed by atoms with van der Waals surface area (Å²) in [5.41, 5.74) is 5.34. The largest absolute Gasteiger partial charge is 0.364 e. The second-order valence-corrected chi connectivity index (χ2v) is 10.3. The van der Waals surface area contributed by atoms with E-state index >= 15 is 0 Å². The van der Waals surface area contributed by atoms with Crippen LogP contribution in [0.5, 0.6) is 0 Å². The Hall–Kier alpha value is -3.26. The zero-order chi connectivity index (χ0) is 22.8. The van der Waals surface area contributed by atoms with E-state index in [0.717, 1.165) is 79.6 Å². The number of hydrogen-bond acceptors (Lipinski definition) is 6. The number of hydrogen-bond donors (Lipinski definition) is 2. The molecule has 8 heteroatoms. The molecule has 3 aliphatic carbocycles. The van der Waals surface area contributed by atoms with Crippen molar-refractivity contribution in [3.8, 4) is 0 Å². The van der Waals surface area contributed by atoms with E-state index in [1.54, 1.807) is 0 Å². The molecule has 0 bridgehead atoms. The molecule has 2 atom stereocenters. The number of amides is 1. The lowest BCUT2D eigenvalue weighted by Crippen LogP contribution is -2.46. The lowest BCUT2D eigenvalue weighted by atomic mass is 10.1. The molecule has 3 aromatic rings. The van der Waals surface area contributed by atoms with Gasteiger partial charge in [-0.3, -0.25) is 19.5 Å². The maximum Gasteiger partial charge on any atom is 0.270 e. The number of pyridine rings is 3. The third-order valence-electron chi connectivity index (χ3n) is 7.63. The highest BCUT2D eigenvalue weighted by Crippen LogP contribution is 2.40. The van der Waals surface area contributed by atoms with E-state index in [4.69, 9.17) is 0 Å². The Morgan fingerprint density at radius 3 is 2.71 bits per heavy atom. The van der Waals surface area contributed by atoms with Crippen molar-refractivity contribution in [3.63, 3.8) is 0 Å². The molecule has 2 N–H and O–H groups in total. The van der Waals surface area contributed by atoms with Gasteiger partial charge in [0.1, 0.15) is 5.69 Å². The molecule has 4 heterocycles. The number of nitrogens with zero attached hydrogens (tertiary/aromatic N) is 4. The standard InChI is InChI=1S/C26H28N6O2/c33-25-19(16-1-2-16)10-21-22(30-25)9-15(12-27-21)14-31-7-8-32(24-11-23(24)31)18-5-6-20(28-13-18)26(34)29-17-3-4-17/h5-6,9-10,12-13,16-17,23-24H,1-4,7-8,11,14H2,(H,29,34)(H,30,33)/t23?,24-/m1/s1. The Labute approximate surface area is 197 Å². The zero-order valence-electron chi connectivity index (χ0n) is 19.0. The predicted molar refractivity (Wildman–Crippen MR) is 129 cm³/mol. The van der Waals surface area contributed by atoms with Gasteiger partial charge in [-0.05, 0) is 67.9 Å². The fraction of sp³-hybridized carbons (Fsp3) is 0.462. The first-order valence-electron chi connectivity index (χ1n) is 12.4. The fourth-order valence-corrected chi connectivity index (χ4v) is 5.32. The minimum absolute atomic E-state index is 0.0365. The van der Waals surface area contributed by atoms with Crippen molar-refractivity contribution in [2.75, 3.05) is 18.0 Å². The summed E-state index contributed by atoms with van der Waals surface area (Å²) in [7, 11) is 0. The normalized spacial score (nSPS) is 24.2. The van der Waals surface area contributed by atoms with Crippen LogP contribution < -0.4 is 15.8 Å². The Morgan fingerprint density at radius 2 is 1.94 bits per heavy atom. The van der Waals surface area contributed by atoms with E-state index in [9.17, 15) is 9.59 Å². The molecule has 7 rings (SSSR count). The van der Waals surface area contributed by atoms with E-state index in [-0.39, 0.29) is 11.5 Å². The molecule has 0 spiro atoms. The number of aromatic amines is 1. The molecule has 4 fully saturated rings. The minimum Gasteiger partial charge on any atom is -0.364 e. The Kier molecular flexibility index (Phi) is 4.52. The van der Waals surface area contributed by atoms with Crippen LogP contribution in [0, 0.1) is 0 Å². The van der Waals surface area contributed by atoms with Crippen LogP contribution in [-0.4, -0.2) is 57.0 Å². The van der Waals surface area contributed by atoms with Crippen molar-refractivity contribution in [1.29, 1.82) is 0 Å². The van der Waals surface area contributed by atoms with Gasteiger partial charge in [-0.1, -0.05) is 0 Å². The van der Waals surface area contributed by atoms with E-state index in [2.05, 4.69) is 36.1 Å². The van der Waals surface area contributed by atoms with E-state index < -0.39 is 0 Å². The van der Waals surface area contributed by atoms with Crippen molar-refractivity contribution >= 4 is 22.6 Å². The smallest absolute Gasteiger partial charge is 0.270 e. The van der Waals surface area contributed by atoms with Crippen molar-refractivity contribution in [2.24, 2.45) is 0 Å². The topological polar surface area (TPSA) is 94.2 Å². The van der Waals surface area contributed by atoms with Crippen LogP contribution in [0.15, 0.2) is 41.5 Å². The van der Waals surface area contributed by atoms with Gasteiger partial charge in [0.05, 0.1) is 22.9 Å². The van der Waals surface area contributed by atoms with Crippen molar-refractivity contribution < 1.29 is 4.79 Å². The lowest BCUT2D eigenvalue weighted by Gasteiger charge is -2.35. The summed E-state index contributed by atoms with van der Waals surface area (Å²) in [5.74, 6) is 0.348. The molecular formula is C26H28N6O2. The molecule has 0 radical (unpaired) electrons. The number of aromatic nitrogens is 3. The molecule has 8 nitrogen and oxygen atoms in total. The zero-order valence-corrected chi connectivity index (χ0v) is 19.0. The van der Waals surface area contributed by atoms with E-state index in [1.807, 2.05) is 30.6 Å². The molecule has 174 valence electrons. The lowest BCUT2D eigenvalue weighted by molar-refractivity contribution is 0.0946. The average molecular weight is 457 g/mol. The molecule has 0 aromatic carbocycles. The fourth-order valence-electron chi connectivity index (χ4n) is 5.32. The molecule has 3 aromatic heterocycles. The van der Waals surface area contributed by atoms with Gasteiger partial charge in [-0.2, -0.15) is 0 Å². The molecule has 4 aliphatic rings. The molecule has 34 heavy (non-hydrogen) atoms. The quantitative estimate of drug-likeness (QED) is 0.592. The molecule has 3 saturated carbocycles. The molecule has 1 unspecified atom stereocenters. The number of anilines is 1. The highest BCUT2D eigenvalue weighted by atomic mass is 16.2. The number of rotatable bonds is 6. The van der Waals surface area contributed by atoms with Gasteiger partial charge in [0, 0.05) is 49.5 Å². The van der Waals surface area contributed by atoms with Crippen LogP contribution in [0.3, 0.4) is 0 Å². The van der Waals surface area contributed by atoms with Crippen LogP contribution in [-0.2, 0) is 6.54 Å². The highest BCUT2D eigenvalue weighted by molar-refractivity contribution is 5.92. The van der Waals surface area contributed by atoms with Crippen LogP contribution in [0.25, 0.3) is 11.0 Å². The summed E-state index contributed by atoms with van der Waals surface area (Å²) in [5, 5.41) is 2.99. The van der Waals surface area contributed by atoms with E-state index in [0.29, 0.717) is 29.7 Å². The monoisotopic (exact) mass is 456 g/mol. The van der Waals surface area contributed by atoms with Gasteiger partial charge in [-0.15, -0.1) is 0 Å². The van der Waals surface area contributed by atoms with E-state index in [1.165, 1.54) is 0 Å². The second kappa shape index (κ2) is 7.63. The molecular weight excluding hydrogens is 428 g/mol. The predicted octanol–water partition coefficient (Wildman–Crippen LogP) is 2.55. The van der Waals surface area contributed by atoms with Gasteiger partial charge < -0.3 is 15.2 Å². The molecule has 1 aliphatic heterocycles. The number of carbonyl (C=O) groups excluding carboxylic acids is 1. The van der Waals surface area contributed by atoms with Gasteiger partial charge in [0.25, 0.3) is 11.5 Å². The van der Waals surface area contributed by atoms with Gasteiger partial charge in [0.15, 0.2) is 0 Å². The van der Waals surface area contributed by atoms with Gasteiger partial charge in [0.2, 0.25) is 0 Å². The van der Waals surface area contributed by atoms with Crippen LogP contribution in [0.2, 0.25) is 0 Å². The second-order valence-electron chi connectivity index (χ2n) is 10.3. The first-order valence-corrected chi connectivity index (χ1v) is 12.4. The van der Waals surface area contributed by atoms with Crippen molar-refractivity contribution in [2.45, 2.75) is 62.7 Å². The highest BCUT2D eigenvalue weighted by Gasteiger charge is 2.49. The van der Waals surface area contributed by atoms with Crippen LogP contribution in [0.1, 0.15) is 59.6 Å². The number of H-pyrrole nitrogens is 1. The Balaban J connectivity index is 1.02. The average Bonchev–Trinajstić information content (AvgIpc) is 3.67. The van der Waals surface area contributed by atoms with Gasteiger partial charge >= 0.3 is 0 Å². The summed E-state index contributed by atoms with van der Waals surface area (Å²) in [6, 6.07) is 9.26. The van der Waals surface area contributed by atoms with Crippen molar-refractivity contribution in [3.05, 3.63) is 63.8 Å². The number of carbonyl (C=O) groups is 1. The van der Waals surface area contributed by atoms with Crippen LogP contribution >= 0.6 is 0 Å². The third kappa shape index (κ3) is 3.76. The maximum absolute atomic E-state index is 12.4. The Morgan fingerprint density at radius 1 is 1.06 bits per heavy atom. The minimum atomic E-state index is -0.0720. The van der Waals surface area contributed by atoms with Crippen LogP contribution in [0.4, 0.5) is 5.69 Å².